The molecule has 0 bridgehead atoms. The number of furan rings is 1. The second kappa shape index (κ2) is 13.4. The number of aliphatic imine (C=N–C) groups is 1. The van der Waals surface area contributed by atoms with Crippen molar-refractivity contribution < 1.29 is 9.15 Å². The van der Waals surface area contributed by atoms with Crippen LogP contribution in [0.3, 0.4) is 0 Å². The fourth-order valence-electron chi connectivity index (χ4n) is 3.87. The van der Waals surface area contributed by atoms with E-state index in [9.17, 15) is 0 Å². The van der Waals surface area contributed by atoms with Crippen LogP contribution in [0.15, 0.2) is 27.8 Å². The molecule has 2 aliphatic rings. The number of hydrogen-bond donors (Lipinski definition) is 2. The van der Waals surface area contributed by atoms with Gasteiger partial charge in [-0.25, -0.2) is 0 Å². The Hall–Kier alpha value is -0.800. The van der Waals surface area contributed by atoms with Crippen LogP contribution in [0.2, 0.25) is 0 Å². The molecule has 1 unspecified atom stereocenters. The third-order valence-electron chi connectivity index (χ3n) is 5.44. The molecule has 1 aromatic rings. The quantitative estimate of drug-likeness (QED) is 0.323. The van der Waals surface area contributed by atoms with Crippen LogP contribution in [0.5, 0.6) is 0 Å². The van der Waals surface area contributed by atoms with Gasteiger partial charge >= 0.3 is 0 Å². The van der Waals surface area contributed by atoms with E-state index in [1.54, 1.807) is 6.26 Å². The van der Waals surface area contributed by atoms with E-state index in [4.69, 9.17) is 14.1 Å². The summed E-state index contributed by atoms with van der Waals surface area (Å²) >= 11 is 0. The van der Waals surface area contributed by atoms with E-state index in [2.05, 4.69) is 22.5 Å². The summed E-state index contributed by atoms with van der Waals surface area (Å²) in [5.74, 6) is 1.93. The van der Waals surface area contributed by atoms with Gasteiger partial charge in [-0.2, -0.15) is 0 Å². The SMILES string of the molecule is CCCN1CCC(NC(=NCC2CCCCO2)NCCc2ccco2)CC1.I. The number of nitrogens with zero attached hydrogens (tertiary/aromatic N) is 2. The van der Waals surface area contributed by atoms with Gasteiger partial charge in [-0.3, -0.25) is 4.99 Å². The van der Waals surface area contributed by atoms with Gasteiger partial charge in [0.1, 0.15) is 5.76 Å². The van der Waals surface area contributed by atoms with Crippen molar-refractivity contribution in [3.8, 4) is 0 Å². The normalized spacial score (nSPS) is 21.9. The minimum Gasteiger partial charge on any atom is -0.469 e. The molecule has 3 rings (SSSR count). The van der Waals surface area contributed by atoms with Crippen molar-refractivity contribution in [2.75, 3.05) is 39.3 Å². The average molecular weight is 504 g/mol. The molecule has 0 spiro atoms. The van der Waals surface area contributed by atoms with Gasteiger partial charge in [0.15, 0.2) is 5.96 Å². The number of guanidine groups is 1. The van der Waals surface area contributed by atoms with Gasteiger partial charge in [0.2, 0.25) is 0 Å². The van der Waals surface area contributed by atoms with Crippen LogP contribution in [0.25, 0.3) is 0 Å². The molecule has 0 aromatic carbocycles. The third-order valence-corrected chi connectivity index (χ3v) is 5.44. The molecule has 3 heterocycles. The van der Waals surface area contributed by atoms with E-state index >= 15 is 0 Å². The van der Waals surface area contributed by atoms with E-state index in [-0.39, 0.29) is 30.1 Å². The molecule has 160 valence electrons. The van der Waals surface area contributed by atoms with Crippen molar-refractivity contribution in [2.24, 2.45) is 4.99 Å². The van der Waals surface area contributed by atoms with Gasteiger partial charge in [0, 0.05) is 38.7 Å². The highest BCUT2D eigenvalue weighted by Crippen LogP contribution is 2.13. The van der Waals surface area contributed by atoms with Crippen molar-refractivity contribution in [1.82, 2.24) is 15.5 Å². The summed E-state index contributed by atoms with van der Waals surface area (Å²) in [5, 5.41) is 7.16. The Morgan fingerprint density at radius 3 is 2.79 bits per heavy atom. The molecule has 0 amide bonds. The second-order valence-electron chi connectivity index (χ2n) is 7.69. The minimum atomic E-state index is 0. The predicted molar refractivity (Wildman–Crippen MR) is 125 cm³/mol. The third kappa shape index (κ3) is 8.29. The first-order valence-corrected chi connectivity index (χ1v) is 10.7. The van der Waals surface area contributed by atoms with Crippen LogP contribution < -0.4 is 10.6 Å². The summed E-state index contributed by atoms with van der Waals surface area (Å²) < 4.78 is 11.3. The lowest BCUT2D eigenvalue weighted by atomic mass is 10.1. The van der Waals surface area contributed by atoms with Crippen LogP contribution in [0, 0.1) is 0 Å². The fraction of sp³-hybridized carbons (Fsp3) is 0.762. The number of likely N-dealkylation sites (tertiary alicyclic amines) is 1. The van der Waals surface area contributed by atoms with Gasteiger partial charge in [-0.15, -0.1) is 24.0 Å². The fourth-order valence-corrected chi connectivity index (χ4v) is 3.87. The van der Waals surface area contributed by atoms with E-state index in [1.807, 2.05) is 12.1 Å². The Bertz CT molecular complexity index is 539. The molecule has 0 radical (unpaired) electrons. The van der Waals surface area contributed by atoms with Crippen LogP contribution in [-0.2, 0) is 11.2 Å². The van der Waals surface area contributed by atoms with E-state index in [0.717, 1.165) is 44.3 Å². The first-order chi connectivity index (χ1) is 13.3. The van der Waals surface area contributed by atoms with Crippen molar-refractivity contribution in [1.29, 1.82) is 0 Å². The molecule has 1 atom stereocenters. The lowest BCUT2D eigenvalue weighted by Crippen LogP contribution is -2.49. The summed E-state index contributed by atoms with van der Waals surface area (Å²) in [4.78, 5) is 7.41. The highest BCUT2D eigenvalue weighted by Gasteiger charge is 2.20. The molecule has 0 saturated carbocycles. The maximum absolute atomic E-state index is 5.84. The molecule has 2 fully saturated rings. The zero-order valence-corrected chi connectivity index (χ0v) is 19.5. The number of rotatable bonds is 8. The van der Waals surface area contributed by atoms with Crippen LogP contribution in [0.1, 0.15) is 51.2 Å². The Morgan fingerprint density at radius 2 is 2.11 bits per heavy atom. The largest absolute Gasteiger partial charge is 0.469 e. The molecular weight excluding hydrogens is 467 g/mol. The number of nitrogens with one attached hydrogen (secondary N) is 2. The van der Waals surface area contributed by atoms with E-state index in [0.29, 0.717) is 6.04 Å². The van der Waals surface area contributed by atoms with Gasteiger partial charge in [0.05, 0.1) is 18.9 Å². The zero-order valence-electron chi connectivity index (χ0n) is 17.2. The maximum atomic E-state index is 5.84. The van der Waals surface area contributed by atoms with E-state index in [1.165, 1.54) is 51.7 Å². The summed E-state index contributed by atoms with van der Waals surface area (Å²) in [5.41, 5.74) is 0. The van der Waals surface area contributed by atoms with Crippen molar-refractivity contribution >= 4 is 29.9 Å². The minimum absolute atomic E-state index is 0. The molecule has 2 aliphatic heterocycles. The Labute approximate surface area is 186 Å². The first kappa shape index (κ1) is 23.5. The summed E-state index contributed by atoms with van der Waals surface area (Å²) in [6.07, 6.45) is 10.0. The smallest absolute Gasteiger partial charge is 0.191 e. The maximum Gasteiger partial charge on any atom is 0.191 e. The van der Waals surface area contributed by atoms with E-state index < -0.39 is 0 Å². The van der Waals surface area contributed by atoms with Crippen molar-refractivity contribution in [3.63, 3.8) is 0 Å². The zero-order chi connectivity index (χ0) is 18.7. The second-order valence-corrected chi connectivity index (χ2v) is 7.69. The Morgan fingerprint density at radius 1 is 1.25 bits per heavy atom. The van der Waals surface area contributed by atoms with Crippen molar-refractivity contribution in [2.45, 2.75) is 64.0 Å². The lowest BCUT2D eigenvalue weighted by Gasteiger charge is -2.33. The predicted octanol–water partition coefficient (Wildman–Crippen LogP) is 3.42. The number of halogens is 1. The van der Waals surface area contributed by atoms with Crippen LogP contribution in [-0.4, -0.2) is 62.3 Å². The average Bonchev–Trinajstić information content (AvgIpc) is 3.22. The molecule has 28 heavy (non-hydrogen) atoms. The van der Waals surface area contributed by atoms with Crippen LogP contribution in [0.4, 0.5) is 0 Å². The molecule has 1 aromatic heterocycles. The van der Waals surface area contributed by atoms with Gasteiger partial charge in [0.25, 0.3) is 0 Å². The monoisotopic (exact) mass is 504 g/mol. The molecule has 2 N–H and O–H groups in total. The van der Waals surface area contributed by atoms with Gasteiger partial charge in [-0.05, 0) is 57.2 Å². The summed E-state index contributed by atoms with van der Waals surface area (Å²) in [7, 11) is 0. The molecule has 7 heteroatoms. The van der Waals surface area contributed by atoms with Gasteiger partial charge in [-0.1, -0.05) is 6.92 Å². The highest BCUT2D eigenvalue weighted by atomic mass is 127. The lowest BCUT2D eigenvalue weighted by molar-refractivity contribution is 0.0224. The number of piperidine rings is 1. The van der Waals surface area contributed by atoms with Crippen LogP contribution >= 0.6 is 24.0 Å². The van der Waals surface area contributed by atoms with Crippen molar-refractivity contribution in [3.05, 3.63) is 24.2 Å². The molecular formula is C21H37IN4O2. The highest BCUT2D eigenvalue weighted by molar-refractivity contribution is 14.0. The summed E-state index contributed by atoms with van der Waals surface area (Å²) in [6, 6.07) is 4.46. The number of ether oxygens (including phenoxy) is 1. The molecule has 2 saturated heterocycles. The number of hydrogen-bond acceptors (Lipinski definition) is 4. The standard InChI is InChI=1S/C21H36N4O2.HI/c1-2-12-25-13-9-18(10-14-25)24-21(22-11-8-19-7-5-16-26-19)23-17-20-6-3-4-15-27-20;/h5,7,16,18,20H,2-4,6,8-15,17H2,1H3,(H2,22,23,24);1H. The first-order valence-electron chi connectivity index (χ1n) is 10.7. The molecule has 6 nitrogen and oxygen atoms in total. The molecule has 0 aliphatic carbocycles. The summed E-state index contributed by atoms with van der Waals surface area (Å²) in [6.45, 7) is 8.27. The topological polar surface area (TPSA) is 62.0 Å². The Kier molecular flexibility index (Phi) is 11.3. The van der Waals surface area contributed by atoms with Gasteiger partial charge < -0.3 is 24.7 Å². The Balaban J connectivity index is 0.00000280.